The average molecular weight is 892 g/mol. The second-order valence-electron chi connectivity index (χ2n) is 18.7. The van der Waals surface area contributed by atoms with Crippen LogP contribution in [0.2, 0.25) is 0 Å². The molecule has 0 aromatic rings. The minimum absolute atomic E-state index is 0.139. The monoisotopic (exact) mass is 892 g/mol. The zero-order valence-corrected chi connectivity index (χ0v) is 40.8. The molecule has 0 spiro atoms. The van der Waals surface area contributed by atoms with Crippen molar-refractivity contribution >= 4 is 5.91 Å². The molecule has 63 heavy (non-hydrogen) atoms. The van der Waals surface area contributed by atoms with E-state index in [9.17, 15) is 30.3 Å². The average Bonchev–Trinajstić information content (AvgIpc) is 3.28. The fourth-order valence-corrected chi connectivity index (χ4v) is 8.46. The lowest BCUT2D eigenvalue weighted by atomic mass is 9.99. The number of ether oxygens (including phenoxy) is 2. The Morgan fingerprint density at radius 1 is 0.540 bits per heavy atom. The van der Waals surface area contributed by atoms with Crippen molar-refractivity contribution < 1.29 is 39.8 Å². The minimum Gasteiger partial charge on any atom is -0.394 e. The number of aliphatic hydroxyl groups excluding tert-OH is 5. The molecule has 370 valence electrons. The Morgan fingerprint density at radius 2 is 0.937 bits per heavy atom. The molecule has 0 radical (unpaired) electrons. The van der Waals surface area contributed by atoms with Gasteiger partial charge in [0.25, 0.3) is 0 Å². The second kappa shape index (κ2) is 44.3. The topological polar surface area (TPSA) is 149 Å². The summed E-state index contributed by atoms with van der Waals surface area (Å²) < 4.78 is 11.3. The van der Waals surface area contributed by atoms with Gasteiger partial charge in [0.15, 0.2) is 6.29 Å². The van der Waals surface area contributed by atoms with E-state index < -0.39 is 49.5 Å². The number of amides is 1. The molecule has 9 nitrogen and oxygen atoms in total. The van der Waals surface area contributed by atoms with Crippen LogP contribution in [0.4, 0.5) is 0 Å². The van der Waals surface area contributed by atoms with Gasteiger partial charge < -0.3 is 40.3 Å². The lowest BCUT2D eigenvalue weighted by molar-refractivity contribution is -0.302. The summed E-state index contributed by atoms with van der Waals surface area (Å²) in [6.45, 7) is 3.83. The summed E-state index contributed by atoms with van der Waals surface area (Å²) in [5.74, 6) is -0.147. The van der Waals surface area contributed by atoms with E-state index in [4.69, 9.17) is 9.47 Å². The molecule has 7 unspecified atom stereocenters. The number of nitrogens with one attached hydrogen (secondary N) is 1. The van der Waals surface area contributed by atoms with E-state index in [1.165, 1.54) is 167 Å². The summed E-state index contributed by atoms with van der Waals surface area (Å²) in [7, 11) is 0. The molecule has 7 atom stereocenters. The van der Waals surface area contributed by atoms with Gasteiger partial charge in [0.1, 0.15) is 24.4 Å². The van der Waals surface area contributed by atoms with E-state index in [0.29, 0.717) is 12.8 Å². The first-order valence-electron chi connectivity index (χ1n) is 26.7. The van der Waals surface area contributed by atoms with Crippen LogP contribution >= 0.6 is 0 Å². The molecule has 6 N–H and O–H groups in total. The molecule has 0 aromatic carbocycles. The predicted octanol–water partition coefficient (Wildman–Crippen LogP) is 12.4. The normalized spacial score (nSPS) is 20.4. The van der Waals surface area contributed by atoms with Gasteiger partial charge in [-0.05, 0) is 51.4 Å². The van der Waals surface area contributed by atoms with Crippen LogP contribution in [-0.2, 0) is 14.3 Å². The van der Waals surface area contributed by atoms with Crippen LogP contribution in [0.15, 0.2) is 36.5 Å². The molecule has 9 heteroatoms. The van der Waals surface area contributed by atoms with Crippen LogP contribution in [0.1, 0.15) is 245 Å². The van der Waals surface area contributed by atoms with Crippen molar-refractivity contribution in [3.8, 4) is 0 Å². The molecule has 1 fully saturated rings. The van der Waals surface area contributed by atoms with Crippen LogP contribution in [0.5, 0.6) is 0 Å². The maximum atomic E-state index is 13.0. The zero-order valence-electron chi connectivity index (χ0n) is 40.8. The van der Waals surface area contributed by atoms with Crippen LogP contribution in [0.3, 0.4) is 0 Å². The van der Waals surface area contributed by atoms with Crippen molar-refractivity contribution in [2.45, 2.75) is 288 Å². The highest BCUT2D eigenvalue weighted by atomic mass is 16.7. The Kier molecular flexibility index (Phi) is 41.7. The number of rotatable bonds is 45. The summed E-state index contributed by atoms with van der Waals surface area (Å²) in [6.07, 6.45) is 48.7. The fourth-order valence-electron chi connectivity index (χ4n) is 8.46. The van der Waals surface area contributed by atoms with Crippen LogP contribution < -0.4 is 5.32 Å². The molecule has 1 heterocycles. The van der Waals surface area contributed by atoms with Gasteiger partial charge in [-0.2, -0.15) is 0 Å². The Morgan fingerprint density at radius 3 is 1.38 bits per heavy atom. The smallest absolute Gasteiger partial charge is 0.220 e. The third kappa shape index (κ3) is 34.4. The highest BCUT2D eigenvalue weighted by Gasteiger charge is 2.44. The van der Waals surface area contributed by atoms with Gasteiger partial charge in [-0.1, -0.05) is 224 Å². The number of allylic oxidation sites excluding steroid dienone is 6. The predicted molar refractivity (Wildman–Crippen MR) is 263 cm³/mol. The summed E-state index contributed by atoms with van der Waals surface area (Å²) >= 11 is 0. The molecule has 1 rings (SSSR count). The Balaban J connectivity index is 2.23. The molecule has 1 aliphatic rings. The molecular formula is C54H101NO8. The van der Waals surface area contributed by atoms with Crippen molar-refractivity contribution in [3.05, 3.63) is 36.5 Å². The summed E-state index contributed by atoms with van der Waals surface area (Å²) in [4.78, 5) is 13.0. The number of aliphatic hydroxyl groups is 5. The lowest BCUT2D eigenvalue weighted by Gasteiger charge is -2.40. The summed E-state index contributed by atoms with van der Waals surface area (Å²) in [5, 5.41) is 54.5. The fraction of sp³-hybridized carbons (Fsp3) is 0.870. The molecule has 1 aliphatic heterocycles. The van der Waals surface area contributed by atoms with Gasteiger partial charge in [0.05, 0.1) is 25.4 Å². The molecule has 0 bridgehead atoms. The van der Waals surface area contributed by atoms with Crippen molar-refractivity contribution in [1.82, 2.24) is 5.32 Å². The highest BCUT2D eigenvalue weighted by molar-refractivity contribution is 5.76. The largest absolute Gasteiger partial charge is 0.394 e. The third-order valence-corrected chi connectivity index (χ3v) is 12.7. The number of hydrogen-bond donors (Lipinski definition) is 6. The van der Waals surface area contributed by atoms with Crippen molar-refractivity contribution in [3.63, 3.8) is 0 Å². The van der Waals surface area contributed by atoms with Gasteiger partial charge in [-0.15, -0.1) is 0 Å². The molecular weight excluding hydrogens is 791 g/mol. The Labute approximate surface area is 387 Å². The summed E-state index contributed by atoms with van der Waals surface area (Å²) in [6, 6.07) is -0.721. The van der Waals surface area contributed by atoms with E-state index in [1.54, 1.807) is 0 Å². The van der Waals surface area contributed by atoms with Crippen molar-refractivity contribution in [2.75, 3.05) is 13.2 Å². The molecule has 0 aromatic heterocycles. The molecule has 1 amide bonds. The van der Waals surface area contributed by atoms with E-state index >= 15 is 0 Å². The third-order valence-electron chi connectivity index (χ3n) is 12.7. The Bertz CT molecular complexity index is 1080. The van der Waals surface area contributed by atoms with Crippen molar-refractivity contribution in [2.24, 2.45) is 0 Å². The second-order valence-corrected chi connectivity index (χ2v) is 18.7. The maximum absolute atomic E-state index is 13.0. The number of carbonyl (C=O) groups is 1. The van der Waals surface area contributed by atoms with Gasteiger partial charge in [0, 0.05) is 6.42 Å². The lowest BCUT2D eigenvalue weighted by Crippen LogP contribution is -2.60. The summed E-state index contributed by atoms with van der Waals surface area (Å²) in [5.41, 5.74) is 0. The molecule has 0 aliphatic carbocycles. The van der Waals surface area contributed by atoms with Crippen LogP contribution in [-0.4, -0.2) is 87.5 Å². The highest BCUT2D eigenvalue weighted by Crippen LogP contribution is 2.23. The number of carbonyl (C=O) groups excluding carboxylic acids is 1. The van der Waals surface area contributed by atoms with E-state index in [2.05, 4.69) is 55.6 Å². The number of hydrogen-bond acceptors (Lipinski definition) is 8. The molecule has 0 saturated carbocycles. The minimum atomic E-state index is -1.55. The Hall–Kier alpha value is -1.59. The van der Waals surface area contributed by atoms with E-state index in [1.807, 2.05) is 0 Å². The van der Waals surface area contributed by atoms with E-state index in [-0.39, 0.29) is 12.5 Å². The standard InChI is InChI=1S/C54H101NO8/c1-3-5-7-9-11-13-15-17-19-20-21-22-23-24-25-26-27-28-30-32-34-36-38-40-42-44-50(58)55-47(46-62-54-53(61)52(60)51(59)49(45-56)63-54)48(57)43-41-39-37-35-33-31-29-18-16-14-12-10-8-6-4-2/h15,17,20-21,23-24,47-49,51-54,56-57,59-61H,3-14,16,18-19,22,25-46H2,1-2H3,(H,55,58)/b17-15-,21-20-,24-23-. The van der Waals surface area contributed by atoms with Crippen molar-refractivity contribution in [1.29, 1.82) is 0 Å². The zero-order chi connectivity index (χ0) is 45.9. The SMILES string of the molecule is CCCCCCC/C=C\C/C=C\C/C=C\CCCCCCCCCCCCC(=O)NC(COC1OC(CO)C(O)C(O)C1O)C(O)CCCCCCCCCCCCCCCCC. The number of unbranched alkanes of at least 4 members (excludes halogenated alkanes) is 29. The van der Waals surface area contributed by atoms with Gasteiger partial charge in [-0.3, -0.25) is 4.79 Å². The molecule has 1 saturated heterocycles. The van der Waals surface area contributed by atoms with Gasteiger partial charge in [0.2, 0.25) is 5.91 Å². The van der Waals surface area contributed by atoms with E-state index in [0.717, 1.165) is 51.4 Å². The van der Waals surface area contributed by atoms with Crippen LogP contribution in [0, 0.1) is 0 Å². The first kappa shape index (κ1) is 59.4. The maximum Gasteiger partial charge on any atom is 0.220 e. The van der Waals surface area contributed by atoms with Crippen LogP contribution in [0.25, 0.3) is 0 Å². The first-order chi connectivity index (χ1) is 30.8. The van der Waals surface area contributed by atoms with Gasteiger partial charge in [-0.25, -0.2) is 0 Å². The quantitative estimate of drug-likeness (QED) is 0.0261. The van der Waals surface area contributed by atoms with Gasteiger partial charge >= 0.3 is 0 Å². The first-order valence-corrected chi connectivity index (χ1v) is 26.7.